The van der Waals surface area contributed by atoms with E-state index < -0.39 is 0 Å². The molecule has 0 bridgehead atoms. The van der Waals surface area contributed by atoms with Crippen molar-refractivity contribution in [2.24, 2.45) is 0 Å². The van der Waals surface area contributed by atoms with Crippen LogP contribution in [-0.2, 0) is 0 Å². The van der Waals surface area contributed by atoms with E-state index in [4.69, 9.17) is 19.4 Å². The molecule has 0 N–H and O–H groups in total. The van der Waals surface area contributed by atoms with Crippen LogP contribution < -0.4 is 0 Å². The molecule has 51 heavy (non-hydrogen) atoms. The Morgan fingerprint density at radius 2 is 1.06 bits per heavy atom. The van der Waals surface area contributed by atoms with Crippen molar-refractivity contribution in [1.82, 2.24) is 19.5 Å². The Labute approximate surface area is 294 Å². The second-order valence-electron chi connectivity index (χ2n) is 12.9. The van der Waals surface area contributed by atoms with Crippen molar-refractivity contribution >= 4 is 43.7 Å². The summed E-state index contributed by atoms with van der Waals surface area (Å²) in [6.07, 6.45) is 0. The first-order valence-corrected chi connectivity index (χ1v) is 17.1. The van der Waals surface area contributed by atoms with Crippen molar-refractivity contribution in [2.45, 2.75) is 6.92 Å². The second kappa shape index (κ2) is 11.6. The number of rotatable bonds is 5. The Kier molecular flexibility index (Phi) is 6.64. The number of hydrogen-bond acceptors (Lipinski definition) is 4. The van der Waals surface area contributed by atoms with Crippen LogP contribution in [0, 0.1) is 6.92 Å². The standard InChI is InChI=1S/C46H30N4O/c1-29-23-25-39-36(27-29)34-17-8-10-20-38(34)50(39)40-26-24-32(33-19-12-22-42-43(33)35-18-9-11-21-41(35)51-42)28-37(40)46-48-44(30-13-4-2-5-14-30)47-45(49-46)31-15-6-3-7-16-31/h2-28H,1H3. The predicted octanol–water partition coefficient (Wildman–Crippen LogP) is 11.8. The van der Waals surface area contributed by atoms with Gasteiger partial charge in [-0.05, 0) is 60.5 Å². The van der Waals surface area contributed by atoms with Gasteiger partial charge in [-0.3, -0.25) is 0 Å². The number of furan rings is 1. The number of fused-ring (bicyclic) bond motifs is 6. The summed E-state index contributed by atoms with van der Waals surface area (Å²) in [5.74, 6) is 1.84. The highest BCUT2D eigenvalue weighted by atomic mass is 16.3. The lowest BCUT2D eigenvalue weighted by atomic mass is 9.96. The fourth-order valence-corrected chi connectivity index (χ4v) is 7.37. The van der Waals surface area contributed by atoms with E-state index in [0.29, 0.717) is 17.5 Å². The average molecular weight is 655 g/mol. The topological polar surface area (TPSA) is 56.7 Å². The number of aromatic nitrogens is 4. The van der Waals surface area contributed by atoms with Crippen LogP contribution in [0.4, 0.5) is 0 Å². The van der Waals surface area contributed by atoms with E-state index in [2.05, 4.69) is 96.4 Å². The molecule has 0 aliphatic heterocycles. The molecule has 0 fully saturated rings. The summed E-state index contributed by atoms with van der Waals surface area (Å²) < 4.78 is 8.66. The minimum atomic E-state index is 0.599. The van der Waals surface area contributed by atoms with E-state index in [-0.39, 0.29) is 0 Å². The predicted molar refractivity (Wildman–Crippen MR) is 208 cm³/mol. The zero-order valence-corrected chi connectivity index (χ0v) is 27.8. The Morgan fingerprint density at radius 1 is 0.431 bits per heavy atom. The molecule has 240 valence electrons. The van der Waals surface area contributed by atoms with Crippen LogP contribution in [0.25, 0.3) is 94.7 Å². The summed E-state index contributed by atoms with van der Waals surface area (Å²) in [6, 6.07) is 56.7. The van der Waals surface area contributed by atoms with E-state index in [0.717, 1.165) is 66.5 Å². The summed E-state index contributed by atoms with van der Waals surface area (Å²) in [5, 5.41) is 4.58. The minimum absolute atomic E-state index is 0.599. The van der Waals surface area contributed by atoms with E-state index in [1.807, 2.05) is 78.9 Å². The molecule has 0 amide bonds. The molecule has 10 aromatic rings. The van der Waals surface area contributed by atoms with Gasteiger partial charge in [0.15, 0.2) is 17.5 Å². The number of hydrogen-bond donors (Lipinski definition) is 0. The van der Waals surface area contributed by atoms with Gasteiger partial charge in [0.2, 0.25) is 0 Å². The van der Waals surface area contributed by atoms with Gasteiger partial charge < -0.3 is 8.98 Å². The molecular weight excluding hydrogens is 625 g/mol. The van der Waals surface area contributed by atoms with Gasteiger partial charge in [-0.2, -0.15) is 0 Å². The second-order valence-corrected chi connectivity index (χ2v) is 12.9. The molecule has 3 heterocycles. The molecule has 0 spiro atoms. The summed E-state index contributed by atoms with van der Waals surface area (Å²) >= 11 is 0. The van der Waals surface area contributed by atoms with Crippen molar-refractivity contribution < 1.29 is 4.42 Å². The fraction of sp³-hybridized carbons (Fsp3) is 0.0217. The minimum Gasteiger partial charge on any atom is -0.456 e. The Balaban J connectivity index is 1.31. The first kappa shape index (κ1) is 29.1. The van der Waals surface area contributed by atoms with Gasteiger partial charge in [-0.25, -0.2) is 15.0 Å². The van der Waals surface area contributed by atoms with Crippen molar-refractivity contribution in [3.05, 3.63) is 169 Å². The Morgan fingerprint density at radius 3 is 1.82 bits per heavy atom. The van der Waals surface area contributed by atoms with Gasteiger partial charge in [0, 0.05) is 38.2 Å². The molecule has 0 saturated carbocycles. The summed E-state index contributed by atoms with van der Waals surface area (Å²) in [7, 11) is 0. The third kappa shape index (κ3) is 4.82. The average Bonchev–Trinajstić information content (AvgIpc) is 3.74. The molecule has 0 aliphatic carbocycles. The van der Waals surface area contributed by atoms with E-state index in [1.54, 1.807) is 0 Å². The Hall–Kier alpha value is -6.85. The molecule has 0 aliphatic rings. The van der Waals surface area contributed by atoms with Crippen LogP contribution in [0.5, 0.6) is 0 Å². The maximum absolute atomic E-state index is 6.31. The molecular formula is C46H30N4O. The molecule has 7 aromatic carbocycles. The van der Waals surface area contributed by atoms with E-state index >= 15 is 0 Å². The van der Waals surface area contributed by atoms with Crippen LogP contribution in [-0.4, -0.2) is 19.5 Å². The SMILES string of the molecule is Cc1ccc2c(c1)c1ccccc1n2-c1ccc(-c2cccc3oc4ccccc4c23)cc1-c1nc(-c2ccccc2)nc(-c2ccccc2)n1. The van der Waals surface area contributed by atoms with Gasteiger partial charge in [-0.1, -0.05) is 127 Å². The third-order valence-electron chi connectivity index (χ3n) is 9.72. The normalized spacial score (nSPS) is 11.6. The van der Waals surface area contributed by atoms with Crippen molar-refractivity contribution in [2.75, 3.05) is 0 Å². The lowest BCUT2D eigenvalue weighted by Gasteiger charge is -2.16. The third-order valence-corrected chi connectivity index (χ3v) is 9.72. The van der Waals surface area contributed by atoms with Crippen molar-refractivity contribution in [1.29, 1.82) is 0 Å². The number of nitrogens with zero attached hydrogens (tertiary/aromatic N) is 4. The zero-order chi connectivity index (χ0) is 33.9. The maximum Gasteiger partial charge on any atom is 0.166 e. The summed E-state index contributed by atoms with van der Waals surface area (Å²) in [5.41, 5.74) is 11.1. The highest BCUT2D eigenvalue weighted by Gasteiger charge is 2.21. The molecule has 5 nitrogen and oxygen atoms in total. The lowest BCUT2D eigenvalue weighted by molar-refractivity contribution is 0.669. The number of aryl methyl sites for hydroxylation is 1. The van der Waals surface area contributed by atoms with Gasteiger partial charge >= 0.3 is 0 Å². The summed E-state index contributed by atoms with van der Waals surface area (Å²) in [6.45, 7) is 2.15. The fourth-order valence-electron chi connectivity index (χ4n) is 7.37. The van der Waals surface area contributed by atoms with Crippen LogP contribution in [0.15, 0.2) is 168 Å². The quantitative estimate of drug-likeness (QED) is 0.185. The number of para-hydroxylation sites is 2. The van der Waals surface area contributed by atoms with Gasteiger partial charge in [0.1, 0.15) is 11.2 Å². The lowest BCUT2D eigenvalue weighted by Crippen LogP contribution is -2.04. The van der Waals surface area contributed by atoms with Gasteiger partial charge in [-0.15, -0.1) is 0 Å². The summed E-state index contributed by atoms with van der Waals surface area (Å²) in [4.78, 5) is 15.5. The Bertz CT molecular complexity index is 2870. The molecule has 5 heteroatoms. The highest BCUT2D eigenvalue weighted by Crippen LogP contribution is 2.41. The molecule has 3 aromatic heterocycles. The molecule has 0 unspecified atom stereocenters. The first-order valence-electron chi connectivity index (χ1n) is 17.1. The van der Waals surface area contributed by atoms with Crippen LogP contribution in [0.2, 0.25) is 0 Å². The largest absolute Gasteiger partial charge is 0.456 e. The molecule has 10 rings (SSSR count). The highest BCUT2D eigenvalue weighted by molar-refractivity contribution is 6.13. The smallest absolute Gasteiger partial charge is 0.166 e. The van der Waals surface area contributed by atoms with E-state index in [1.165, 1.54) is 16.3 Å². The molecule has 0 radical (unpaired) electrons. The zero-order valence-electron chi connectivity index (χ0n) is 27.8. The van der Waals surface area contributed by atoms with Crippen LogP contribution in [0.1, 0.15) is 5.56 Å². The van der Waals surface area contributed by atoms with Crippen molar-refractivity contribution in [3.8, 4) is 51.0 Å². The molecule has 0 atom stereocenters. The number of benzene rings is 7. The first-order chi connectivity index (χ1) is 25.2. The molecule has 0 saturated heterocycles. The van der Waals surface area contributed by atoms with Gasteiger partial charge in [0.25, 0.3) is 0 Å². The monoisotopic (exact) mass is 654 g/mol. The maximum atomic E-state index is 6.31. The van der Waals surface area contributed by atoms with Crippen LogP contribution >= 0.6 is 0 Å². The van der Waals surface area contributed by atoms with Gasteiger partial charge in [0.05, 0.1) is 16.7 Å². The van der Waals surface area contributed by atoms with Crippen LogP contribution in [0.3, 0.4) is 0 Å². The van der Waals surface area contributed by atoms with E-state index in [9.17, 15) is 0 Å². The van der Waals surface area contributed by atoms with Crippen molar-refractivity contribution in [3.63, 3.8) is 0 Å².